The van der Waals surface area contributed by atoms with Crippen LogP contribution in [0.15, 0.2) is 0 Å². The molecule has 1 aliphatic carbocycles. The van der Waals surface area contributed by atoms with Gasteiger partial charge in [-0.05, 0) is 32.2 Å². The van der Waals surface area contributed by atoms with Gasteiger partial charge in [0, 0.05) is 26.2 Å². The summed E-state index contributed by atoms with van der Waals surface area (Å²) in [6.07, 6.45) is 3.75. The highest BCUT2D eigenvalue weighted by atomic mass is 16.4. The number of carboxylic acids is 1. The molecule has 108 valence electrons. The van der Waals surface area contributed by atoms with Crippen LogP contribution in [0.25, 0.3) is 0 Å². The SMILES string of the molecule is CCN1CCC(N(C)C(=O)C2(C(=O)O)CCC2)CC1. The Morgan fingerprint density at radius 3 is 2.26 bits per heavy atom. The van der Waals surface area contributed by atoms with Crippen LogP contribution in [0.5, 0.6) is 0 Å². The number of rotatable bonds is 4. The standard InChI is InChI=1S/C14H24N2O3/c1-3-16-9-5-11(6-10-16)15(2)12(17)14(13(18)19)7-4-8-14/h11H,3-10H2,1-2H3,(H,18,19). The van der Waals surface area contributed by atoms with E-state index >= 15 is 0 Å². The van der Waals surface area contributed by atoms with Crippen molar-refractivity contribution in [3.63, 3.8) is 0 Å². The number of nitrogens with zero attached hydrogens (tertiary/aromatic N) is 2. The van der Waals surface area contributed by atoms with Crippen molar-refractivity contribution < 1.29 is 14.7 Å². The molecule has 1 heterocycles. The van der Waals surface area contributed by atoms with Crippen molar-refractivity contribution in [2.75, 3.05) is 26.7 Å². The molecule has 0 radical (unpaired) electrons. The van der Waals surface area contributed by atoms with E-state index in [1.54, 1.807) is 11.9 Å². The zero-order valence-corrected chi connectivity index (χ0v) is 11.9. The van der Waals surface area contributed by atoms with Gasteiger partial charge in [0.05, 0.1) is 0 Å². The molecule has 1 saturated carbocycles. The molecule has 19 heavy (non-hydrogen) atoms. The molecule has 5 heteroatoms. The van der Waals surface area contributed by atoms with Gasteiger partial charge in [0.1, 0.15) is 5.41 Å². The molecule has 0 aromatic carbocycles. The fraction of sp³-hybridized carbons (Fsp3) is 0.857. The van der Waals surface area contributed by atoms with Crippen LogP contribution in [0.4, 0.5) is 0 Å². The number of hydrogen-bond donors (Lipinski definition) is 1. The van der Waals surface area contributed by atoms with Crippen LogP contribution < -0.4 is 0 Å². The summed E-state index contributed by atoms with van der Waals surface area (Å²) in [7, 11) is 1.78. The van der Waals surface area contributed by atoms with E-state index < -0.39 is 11.4 Å². The third kappa shape index (κ3) is 2.48. The van der Waals surface area contributed by atoms with Crippen LogP contribution >= 0.6 is 0 Å². The molecular weight excluding hydrogens is 244 g/mol. The molecule has 1 saturated heterocycles. The summed E-state index contributed by atoms with van der Waals surface area (Å²) in [4.78, 5) is 27.9. The number of carbonyl (C=O) groups excluding carboxylic acids is 1. The Labute approximate surface area is 114 Å². The smallest absolute Gasteiger partial charge is 0.319 e. The van der Waals surface area contributed by atoms with Crippen LogP contribution in [0, 0.1) is 5.41 Å². The first-order chi connectivity index (χ1) is 9.01. The van der Waals surface area contributed by atoms with E-state index in [-0.39, 0.29) is 11.9 Å². The van der Waals surface area contributed by atoms with E-state index in [2.05, 4.69) is 11.8 Å². The molecule has 0 bridgehead atoms. The van der Waals surface area contributed by atoms with Gasteiger partial charge in [-0.1, -0.05) is 13.3 Å². The maximum atomic E-state index is 12.5. The van der Waals surface area contributed by atoms with Crippen molar-refractivity contribution in [1.82, 2.24) is 9.80 Å². The zero-order valence-electron chi connectivity index (χ0n) is 11.9. The Morgan fingerprint density at radius 1 is 1.32 bits per heavy atom. The molecule has 0 atom stereocenters. The van der Waals surface area contributed by atoms with Crippen LogP contribution in [0.2, 0.25) is 0 Å². The highest BCUT2D eigenvalue weighted by molar-refractivity contribution is 6.02. The van der Waals surface area contributed by atoms with Gasteiger partial charge in [0.15, 0.2) is 0 Å². The van der Waals surface area contributed by atoms with E-state index in [0.717, 1.165) is 38.9 Å². The number of hydrogen-bond acceptors (Lipinski definition) is 3. The van der Waals surface area contributed by atoms with E-state index in [1.807, 2.05) is 0 Å². The lowest BCUT2D eigenvalue weighted by atomic mass is 9.67. The molecule has 1 N–H and O–H groups in total. The molecule has 2 rings (SSSR count). The lowest BCUT2D eigenvalue weighted by Gasteiger charge is -2.43. The molecular formula is C14H24N2O3. The van der Waals surface area contributed by atoms with Crippen molar-refractivity contribution in [3.8, 4) is 0 Å². The third-order valence-electron chi connectivity index (χ3n) is 4.90. The average Bonchev–Trinajstić information content (AvgIpc) is 2.36. The first kappa shape index (κ1) is 14.3. The van der Waals surface area contributed by atoms with Crippen molar-refractivity contribution in [3.05, 3.63) is 0 Å². The molecule has 1 aliphatic heterocycles. The minimum absolute atomic E-state index is 0.179. The summed E-state index contributed by atoms with van der Waals surface area (Å²) < 4.78 is 0. The van der Waals surface area contributed by atoms with Crippen LogP contribution in [-0.4, -0.2) is 59.5 Å². The van der Waals surface area contributed by atoms with Gasteiger partial charge in [-0.3, -0.25) is 9.59 Å². The molecule has 0 spiro atoms. The van der Waals surface area contributed by atoms with Gasteiger partial charge in [-0.2, -0.15) is 0 Å². The first-order valence-corrected chi connectivity index (χ1v) is 7.24. The predicted molar refractivity (Wildman–Crippen MR) is 71.8 cm³/mol. The van der Waals surface area contributed by atoms with Gasteiger partial charge in [-0.15, -0.1) is 0 Å². The van der Waals surface area contributed by atoms with Gasteiger partial charge < -0.3 is 14.9 Å². The zero-order chi connectivity index (χ0) is 14.0. The lowest BCUT2D eigenvalue weighted by molar-refractivity contribution is -0.168. The molecule has 5 nitrogen and oxygen atoms in total. The molecule has 2 fully saturated rings. The van der Waals surface area contributed by atoms with Gasteiger partial charge in [-0.25, -0.2) is 0 Å². The first-order valence-electron chi connectivity index (χ1n) is 7.24. The second-order valence-electron chi connectivity index (χ2n) is 5.82. The van der Waals surface area contributed by atoms with E-state index in [1.165, 1.54) is 0 Å². The Bertz CT molecular complexity index is 358. The maximum absolute atomic E-state index is 12.5. The highest BCUT2D eigenvalue weighted by Gasteiger charge is 2.53. The summed E-state index contributed by atoms with van der Waals surface area (Å²) in [5.74, 6) is -1.12. The second-order valence-corrected chi connectivity index (χ2v) is 5.82. The van der Waals surface area contributed by atoms with Gasteiger partial charge in [0.2, 0.25) is 5.91 Å². The van der Waals surface area contributed by atoms with Crippen LogP contribution in [-0.2, 0) is 9.59 Å². The van der Waals surface area contributed by atoms with Gasteiger partial charge in [0.25, 0.3) is 0 Å². The van der Waals surface area contributed by atoms with Crippen molar-refractivity contribution in [2.45, 2.75) is 45.1 Å². The van der Waals surface area contributed by atoms with Gasteiger partial charge >= 0.3 is 5.97 Å². The third-order valence-corrected chi connectivity index (χ3v) is 4.90. The van der Waals surface area contributed by atoms with E-state index in [0.29, 0.717) is 12.8 Å². The quantitative estimate of drug-likeness (QED) is 0.778. The Hall–Kier alpha value is -1.10. The molecule has 2 aliphatic rings. The van der Waals surface area contributed by atoms with Crippen molar-refractivity contribution in [1.29, 1.82) is 0 Å². The predicted octanol–water partition coefficient (Wildman–Crippen LogP) is 1.18. The number of carboxylic acid groups (broad SMARTS) is 1. The number of carbonyl (C=O) groups is 2. The van der Waals surface area contributed by atoms with Crippen molar-refractivity contribution in [2.24, 2.45) is 5.41 Å². The lowest BCUT2D eigenvalue weighted by Crippen LogP contribution is -2.55. The molecule has 1 amide bonds. The number of amides is 1. The molecule has 0 unspecified atom stereocenters. The summed E-state index contributed by atoms with van der Waals surface area (Å²) in [5, 5.41) is 9.33. The normalized spacial score (nSPS) is 23.7. The summed E-state index contributed by atoms with van der Waals surface area (Å²) in [6, 6.07) is 0.201. The monoisotopic (exact) mass is 268 g/mol. The minimum Gasteiger partial charge on any atom is -0.480 e. The minimum atomic E-state index is -1.11. The topological polar surface area (TPSA) is 60.9 Å². The maximum Gasteiger partial charge on any atom is 0.319 e. The number of aliphatic carboxylic acids is 1. The Balaban J connectivity index is 1.98. The Morgan fingerprint density at radius 2 is 1.89 bits per heavy atom. The fourth-order valence-electron chi connectivity index (χ4n) is 3.18. The number of likely N-dealkylation sites (tertiary alicyclic amines) is 1. The molecule has 0 aromatic heterocycles. The summed E-state index contributed by atoms with van der Waals surface area (Å²) in [5.41, 5.74) is -1.11. The van der Waals surface area contributed by atoms with Crippen LogP contribution in [0.3, 0.4) is 0 Å². The average molecular weight is 268 g/mol. The number of piperidine rings is 1. The highest BCUT2D eigenvalue weighted by Crippen LogP contribution is 2.43. The molecule has 0 aromatic rings. The van der Waals surface area contributed by atoms with E-state index in [9.17, 15) is 14.7 Å². The summed E-state index contributed by atoms with van der Waals surface area (Å²) in [6.45, 7) is 5.18. The van der Waals surface area contributed by atoms with E-state index in [4.69, 9.17) is 0 Å². The summed E-state index contributed by atoms with van der Waals surface area (Å²) >= 11 is 0. The second kappa shape index (κ2) is 5.49. The van der Waals surface area contributed by atoms with Crippen LogP contribution in [0.1, 0.15) is 39.0 Å². The fourth-order valence-corrected chi connectivity index (χ4v) is 3.18. The largest absolute Gasteiger partial charge is 0.480 e. The Kier molecular flexibility index (Phi) is 4.13. The van der Waals surface area contributed by atoms with Crippen molar-refractivity contribution >= 4 is 11.9 Å².